The minimum Gasteiger partial charge on any atom is -0.366 e. The van der Waals surface area contributed by atoms with Gasteiger partial charge in [-0.25, -0.2) is 4.98 Å². The number of nitrogens with zero attached hydrogens (tertiary/aromatic N) is 3. The zero-order valence-electron chi connectivity index (χ0n) is 12.0. The Bertz CT molecular complexity index is 795. The molecule has 2 heterocycles. The predicted molar refractivity (Wildman–Crippen MR) is 93.3 cm³/mol. The van der Waals surface area contributed by atoms with E-state index in [0.717, 1.165) is 5.56 Å². The molecule has 0 saturated heterocycles. The summed E-state index contributed by atoms with van der Waals surface area (Å²) in [5, 5.41) is 7.40. The van der Waals surface area contributed by atoms with Crippen molar-refractivity contribution in [2.24, 2.45) is 0 Å². The lowest BCUT2D eigenvalue weighted by Crippen LogP contribution is -2.04. The lowest BCUT2D eigenvalue weighted by Gasteiger charge is -2.09. The molecule has 2 N–H and O–H groups in total. The molecule has 0 aliphatic rings. The van der Waals surface area contributed by atoms with E-state index in [1.807, 2.05) is 12.1 Å². The molecule has 3 rings (SSSR count). The topological polar surface area (TPSA) is 62.7 Å². The monoisotopic (exact) mass is 345 g/mol. The molecule has 23 heavy (non-hydrogen) atoms. The van der Waals surface area contributed by atoms with Gasteiger partial charge in [-0.3, -0.25) is 4.98 Å². The highest BCUT2D eigenvalue weighted by Gasteiger charge is 2.04. The first-order chi connectivity index (χ1) is 11.2. The third-order valence-corrected chi connectivity index (χ3v) is 3.60. The quantitative estimate of drug-likeness (QED) is 0.710. The fraction of sp³-hybridized carbons (Fsp3) is 0.0625. The van der Waals surface area contributed by atoms with Crippen LogP contribution in [-0.4, -0.2) is 15.0 Å². The van der Waals surface area contributed by atoms with Crippen molar-refractivity contribution in [1.82, 2.24) is 15.0 Å². The molecule has 0 amide bonds. The zero-order chi connectivity index (χ0) is 16.1. The summed E-state index contributed by atoms with van der Waals surface area (Å²) >= 11 is 12.0. The van der Waals surface area contributed by atoms with Crippen LogP contribution in [0.5, 0.6) is 0 Å². The van der Waals surface area contributed by atoms with Crippen molar-refractivity contribution in [3.63, 3.8) is 0 Å². The lowest BCUT2D eigenvalue weighted by atomic mass is 10.3. The fourth-order valence-electron chi connectivity index (χ4n) is 1.92. The Labute approximate surface area is 143 Å². The van der Waals surface area contributed by atoms with Crippen LogP contribution in [-0.2, 0) is 6.54 Å². The lowest BCUT2D eigenvalue weighted by molar-refractivity contribution is 1.08. The highest BCUT2D eigenvalue weighted by atomic mass is 35.5. The second-order valence-corrected chi connectivity index (χ2v) is 5.57. The van der Waals surface area contributed by atoms with Crippen LogP contribution in [0.1, 0.15) is 5.56 Å². The Kier molecular flexibility index (Phi) is 4.90. The second kappa shape index (κ2) is 7.26. The van der Waals surface area contributed by atoms with Crippen molar-refractivity contribution < 1.29 is 0 Å². The largest absolute Gasteiger partial charge is 0.366 e. The van der Waals surface area contributed by atoms with Crippen molar-refractivity contribution >= 4 is 40.7 Å². The number of aromatic nitrogens is 3. The Morgan fingerprint density at radius 3 is 2.57 bits per heavy atom. The Hall–Kier alpha value is -2.37. The van der Waals surface area contributed by atoms with E-state index in [1.54, 1.807) is 42.9 Å². The smallest absolute Gasteiger partial charge is 0.229 e. The molecule has 0 unspecified atom stereocenters. The number of hydrogen-bond donors (Lipinski definition) is 2. The van der Waals surface area contributed by atoms with Crippen molar-refractivity contribution in [2.45, 2.75) is 6.54 Å². The Morgan fingerprint density at radius 2 is 1.78 bits per heavy atom. The van der Waals surface area contributed by atoms with E-state index in [-0.39, 0.29) is 0 Å². The molecule has 0 atom stereocenters. The van der Waals surface area contributed by atoms with Gasteiger partial charge in [0.05, 0.1) is 10.7 Å². The van der Waals surface area contributed by atoms with Gasteiger partial charge in [0.1, 0.15) is 5.82 Å². The second-order valence-electron chi connectivity index (χ2n) is 4.72. The minimum absolute atomic E-state index is 0.453. The molecule has 3 aromatic rings. The zero-order valence-corrected chi connectivity index (χ0v) is 13.5. The molecule has 0 bridgehead atoms. The number of halogens is 2. The Balaban J connectivity index is 1.69. The van der Waals surface area contributed by atoms with Gasteiger partial charge in [0, 0.05) is 30.2 Å². The van der Waals surface area contributed by atoms with Crippen LogP contribution in [0, 0.1) is 0 Å². The third kappa shape index (κ3) is 4.31. The standard InChI is InChI=1S/C16H13Cl2N5/c17-12-1-2-14(13(18)9-12)22-16-20-8-5-15(23-16)21-10-11-3-6-19-7-4-11/h1-9H,10H2,(H2,20,21,22,23). The van der Waals surface area contributed by atoms with Crippen molar-refractivity contribution in [2.75, 3.05) is 10.6 Å². The number of hydrogen-bond acceptors (Lipinski definition) is 5. The van der Waals surface area contributed by atoms with Crippen LogP contribution in [0.4, 0.5) is 17.5 Å². The fourth-order valence-corrected chi connectivity index (χ4v) is 2.38. The summed E-state index contributed by atoms with van der Waals surface area (Å²) in [7, 11) is 0. The van der Waals surface area contributed by atoms with E-state index < -0.39 is 0 Å². The SMILES string of the molecule is Clc1ccc(Nc2nccc(NCc3ccncc3)n2)c(Cl)c1. The highest BCUT2D eigenvalue weighted by molar-refractivity contribution is 6.36. The maximum atomic E-state index is 6.14. The molecule has 116 valence electrons. The van der Waals surface area contributed by atoms with Crippen LogP contribution < -0.4 is 10.6 Å². The van der Waals surface area contributed by atoms with E-state index in [1.165, 1.54) is 0 Å². The molecular formula is C16H13Cl2N5. The normalized spacial score (nSPS) is 10.3. The first-order valence-corrected chi connectivity index (χ1v) is 7.64. The summed E-state index contributed by atoms with van der Waals surface area (Å²) in [6.07, 6.45) is 5.19. The average molecular weight is 346 g/mol. The van der Waals surface area contributed by atoms with Crippen LogP contribution in [0.15, 0.2) is 55.0 Å². The van der Waals surface area contributed by atoms with Gasteiger partial charge in [-0.1, -0.05) is 23.2 Å². The highest BCUT2D eigenvalue weighted by Crippen LogP contribution is 2.27. The van der Waals surface area contributed by atoms with E-state index in [0.29, 0.717) is 34.0 Å². The summed E-state index contributed by atoms with van der Waals surface area (Å²) in [6, 6.07) is 10.9. The predicted octanol–water partition coefficient (Wildman–Crippen LogP) is 4.53. The Morgan fingerprint density at radius 1 is 0.957 bits per heavy atom. The maximum absolute atomic E-state index is 6.14. The van der Waals surface area contributed by atoms with Gasteiger partial charge < -0.3 is 10.6 Å². The van der Waals surface area contributed by atoms with E-state index in [4.69, 9.17) is 23.2 Å². The first-order valence-electron chi connectivity index (χ1n) is 6.88. The van der Waals surface area contributed by atoms with E-state index in [2.05, 4.69) is 25.6 Å². The summed E-state index contributed by atoms with van der Waals surface area (Å²) in [4.78, 5) is 12.6. The number of benzene rings is 1. The van der Waals surface area contributed by atoms with Crippen molar-refractivity contribution in [3.8, 4) is 0 Å². The molecule has 0 radical (unpaired) electrons. The van der Waals surface area contributed by atoms with Crippen LogP contribution in [0.25, 0.3) is 0 Å². The average Bonchev–Trinajstić information content (AvgIpc) is 2.57. The van der Waals surface area contributed by atoms with E-state index in [9.17, 15) is 0 Å². The minimum atomic E-state index is 0.453. The van der Waals surface area contributed by atoms with Crippen LogP contribution in [0.3, 0.4) is 0 Å². The molecule has 0 aliphatic heterocycles. The van der Waals surface area contributed by atoms with Gasteiger partial charge in [-0.05, 0) is 42.0 Å². The molecule has 7 heteroatoms. The number of anilines is 3. The molecule has 0 spiro atoms. The molecule has 2 aromatic heterocycles. The number of nitrogens with one attached hydrogen (secondary N) is 2. The summed E-state index contributed by atoms with van der Waals surface area (Å²) in [5.41, 5.74) is 1.82. The molecule has 0 fully saturated rings. The molecular weight excluding hydrogens is 333 g/mol. The van der Waals surface area contributed by atoms with Gasteiger partial charge >= 0.3 is 0 Å². The van der Waals surface area contributed by atoms with Gasteiger partial charge in [0.2, 0.25) is 5.95 Å². The third-order valence-electron chi connectivity index (χ3n) is 3.06. The van der Waals surface area contributed by atoms with Gasteiger partial charge in [0.15, 0.2) is 0 Å². The van der Waals surface area contributed by atoms with Gasteiger partial charge in [0.25, 0.3) is 0 Å². The molecule has 0 aliphatic carbocycles. The van der Waals surface area contributed by atoms with E-state index >= 15 is 0 Å². The number of pyridine rings is 1. The molecule has 5 nitrogen and oxygen atoms in total. The summed E-state index contributed by atoms with van der Waals surface area (Å²) in [5.74, 6) is 1.17. The van der Waals surface area contributed by atoms with Gasteiger partial charge in [-0.15, -0.1) is 0 Å². The maximum Gasteiger partial charge on any atom is 0.229 e. The summed E-state index contributed by atoms with van der Waals surface area (Å²) < 4.78 is 0. The molecule has 0 saturated carbocycles. The molecule has 1 aromatic carbocycles. The van der Waals surface area contributed by atoms with Crippen molar-refractivity contribution in [1.29, 1.82) is 0 Å². The van der Waals surface area contributed by atoms with Gasteiger partial charge in [-0.2, -0.15) is 4.98 Å². The van der Waals surface area contributed by atoms with Crippen LogP contribution >= 0.6 is 23.2 Å². The number of rotatable bonds is 5. The van der Waals surface area contributed by atoms with Crippen LogP contribution in [0.2, 0.25) is 10.0 Å². The first kappa shape index (κ1) is 15.5. The summed E-state index contributed by atoms with van der Waals surface area (Å²) in [6.45, 7) is 0.653. The van der Waals surface area contributed by atoms with Crippen molar-refractivity contribution in [3.05, 3.63) is 70.6 Å².